The van der Waals surface area contributed by atoms with Gasteiger partial charge in [0.15, 0.2) is 5.17 Å². The predicted octanol–water partition coefficient (Wildman–Crippen LogP) is 3.47. The van der Waals surface area contributed by atoms with E-state index in [1.165, 1.54) is 12.1 Å². The standard InChI is InChI=1S/C20H19FN4O2S/c1-12-3-9-16(10-4-12)22-18(26)11-17-19(27)23-20(28-17)25-24-13(2)14-5-7-15(21)8-6-14/h3-10,17H,11H2,1-2H3,(H,22,26)(H,23,25,27)/t17-/m0/s1. The summed E-state index contributed by atoms with van der Waals surface area (Å²) in [5, 5.41) is 13.3. The molecule has 2 aromatic carbocycles. The van der Waals surface area contributed by atoms with Crippen LogP contribution in [0.3, 0.4) is 0 Å². The molecule has 0 aromatic heterocycles. The number of aryl methyl sites for hydroxylation is 1. The van der Waals surface area contributed by atoms with Crippen molar-refractivity contribution in [2.24, 2.45) is 10.2 Å². The van der Waals surface area contributed by atoms with E-state index >= 15 is 0 Å². The van der Waals surface area contributed by atoms with Crippen molar-refractivity contribution in [2.45, 2.75) is 25.5 Å². The van der Waals surface area contributed by atoms with Crippen LogP contribution in [-0.4, -0.2) is 27.9 Å². The normalized spacial score (nSPS) is 18.2. The Morgan fingerprint density at radius 2 is 1.86 bits per heavy atom. The maximum atomic E-state index is 13.0. The van der Waals surface area contributed by atoms with E-state index in [1.54, 1.807) is 19.1 Å². The topological polar surface area (TPSA) is 82.9 Å². The first kappa shape index (κ1) is 19.8. The van der Waals surface area contributed by atoms with Crippen molar-refractivity contribution in [2.75, 3.05) is 5.32 Å². The Bertz CT molecular complexity index is 940. The molecule has 0 spiro atoms. The average Bonchev–Trinajstić information content (AvgIpc) is 3.01. The predicted molar refractivity (Wildman–Crippen MR) is 110 cm³/mol. The molecule has 28 heavy (non-hydrogen) atoms. The van der Waals surface area contributed by atoms with E-state index in [4.69, 9.17) is 0 Å². The molecule has 1 atom stereocenters. The molecule has 1 aliphatic heterocycles. The van der Waals surface area contributed by atoms with Crippen molar-refractivity contribution < 1.29 is 14.0 Å². The number of benzene rings is 2. The van der Waals surface area contributed by atoms with Crippen LogP contribution in [-0.2, 0) is 9.59 Å². The zero-order chi connectivity index (χ0) is 20.1. The molecule has 8 heteroatoms. The largest absolute Gasteiger partial charge is 0.326 e. The molecule has 2 N–H and O–H groups in total. The van der Waals surface area contributed by atoms with Gasteiger partial charge in [0.25, 0.3) is 0 Å². The number of carbonyl (C=O) groups excluding carboxylic acids is 2. The van der Waals surface area contributed by atoms with E-state index in [9.17, 15) is 14.0 Å². The number of hydrogen-bond acceptors (Lipinski definition) is 5. The molecule has 6 nitrogen and oxygen atoms in total. The molecule has 0 unspecified atom stereocenters. The van der Waals surface area contributed by atoms with Crippen molar-refractivity contribution in [3.63, 3.8) is 0 Å². The van der Waals surface area contributed by atoms with E-state index in [1.807, 2.05) is 31.2 Å². The highest BCUT2D eigenvalue weighted by atomic mass is 32.2. The van der Waals surface area contributed by atoms with Crippen LogP contribution in [0.2, 0.25) is 0 Å². The first-order valence-electron chi connectivity index (χ1n) is 8.63. The molecule has 2 amide bonds. The lowest BCUT2D eigenvalue weighted by Crippen LogP contribution is -2.28. The van der Waals surface area contributed by atoms with Gasteiger partial charge in [0.05, 0.1) is 5.71 Å². The number of amidine groups is 1. The lowest BCUT2D eigenvalue weighted by molar-refractivity contribution is -0.122. The second-order valence-corrected chi connectivity index (χ2v) is 7.50. The fourth-order valence-corrected chi connectivity index (χ4v) is 3.39. The van der Waals surface area contributed by atoms with Crippen molar-refractivity contribution >= 4 is 40.1 Å². The van der Waals surface area contributed by atoms with Gasteiger partial charge in [-0.3, -0.25) is 9.59 Å². The second-order valence-electron chi connectivity index (χ2n) is 6.31. The zero-order valence-electron chi connectivity index (χ0n) is 15.4. The third kappa shape index (κ3) is 5.26. The minimum absolute atomic E-state index is 0.0318. The van der Waals surface area contributed by atoms with Gasteiger partial charge in [0, 0.05) is 12.1 Å². The number of nitrogens with zero attached hydrogens (tertiary/aromatic N) is 2. The number of rotatable bonds is 5. The van der Waals surface area contributed by atoms with Crippen LogP contribution in [0, 0.1) is 12.7 Å². The highest BCUT2D eigenvalue weighted by Gasteiger charge is 2.32. The van der Waals surface area contributed by atoms with Crippen LogP contribution >= 0.6 is 11.8 Å². The molecule has 1 aliphatic rings. The number of nitrogens with one attached hydrogen (secondary N) is 2. The maximum Gasteiger partial charge on any atom is 0.240 e. The number of amides is 2. The fraction of sp³-hybridized carbons (Fsp3) is 0.200. The molecular weight excluding hydrogens is 379 g/mol. The zero-order valence-corrected chi connectivity index (χ0v) is 16.2. The van der Waals surface area contributed by atoms with E-state index in [-0.39, 0.29) is 24.1 Å². The molecule has 2 aromatic rings. The van der Waals surface area contributed by atoms with Gasteiger partial charge in [-0.15, -0.1) is 5.10 Å². The van der Waals surface area contributed by atoms with Gasteiger partial charge in [0.1, 0.15) is 11.1 Å². The molecule has 0 radical (unpaired) electrons. The van der Waals surface area contributed by atoms with Crippen molar-refractivity contribution in [3.8, 4) is 0 Å². The monoisotopic (exact) mass is 398 g/mol. The molecule has 0 bridgehead atoms. The average molecular weight is 398 g/mol. The molecule has 1 fully saturated rings. The summed E-state index contributed by atoms with van der Waals surface area (Å²) >= 11 is 1.16. The second kappa shape index (κ2) is 8.79. The summed E-state index contributed by atoms with van der Waals surface area (Å²) in [4.78, 5) is 24.3. The summed E-state index contributed by atoms with van der Waals surface area (Å²) in [6.07, 6.45) is 0.0318. The molecule has 3 rings (SSSR count). The minimum Gasteiger partial charge on any atom is -0.326 e. The first-order chi connectivity index (χ1) is 13.4. The van der Waals surface area contributed by atoms with Gasteiger partial charge >= 0.3 is 0 Å². The summed E-state index contributed by atoms with van der Waals surface area (Å²) in [5.74, 6) is -0.852. The van der Waals surface area contributed by atoms with Gasteiger partial charge in [-0.25, -0.2) is 4.39 Å². The molecule has 1 saturated heterocycles. The lowest BCUT2D eigenvalue weighted by Gasteiger charge is -2.07. The van der Waals surface area contributed by atoms with Crippen LogP contribution in [0.5, 0.6) is 0 Å². The van der Waals surface area contributed by atoms with E-state index in [0.717, 1.165) is 22.9 Å². The maximum absolute atomic E-state index is 13.0. The van der Waals surface area contributed by atoms with Crippen molar-refractivity contribution in [1.82, 2.24) is 5.32 Å². The number of thioether (sulfide) groups is 1. The summed E-state index contributed by atoms with van der Waals surface area (Å²) in [6.45, 7) is 3.71. The Morgan fingerprint density at radius 1 is 1.18 bits per heavy atom. The molecule has 0 saturated carbocycles. The van der Waals surface area contributed by atoms with Gasteiger partial charge in [-0.2, -0.15) is 5.10 Å². The number of halogens is 1. The van der Waals surface area contributed by atoms with E-state index in [2.05, 4.69) is 20.8 Å². The van der Waals surface area contributed by atoms with Crippen LogP contribution in [0.1, 0.15) is 24.5 Å². The quantitative estimate of drug-likeness (QED) is 0.598. The van der Waals surface area contributed by atoms with Crippen LogP contribution < -0.4 is 10.6 Å². The summed E-state index contributed by atoms with van der Waals surface area (Å²) in [7, 11) is 0. The number of anilines is 1. The molecular formula is C20H19FN4O2S. The highest BCUT2D eigenvalue weighted by Crippen LogP contribution is 2.23. The van der Waals surface area contributed by atoms with Gasteiger partial charge < -0.3 is 10.6 Å². The Morgan fingerprint density at radius 3 is 2.54 bits per heavy atom. The fourth-order valence-electron chi connectivity index (χ4n) is 2.47. The van der Waals surface area contributed by atoms with Crippen molar-refractivity contribution in [1.29, 1.82) is 0 Å². The highest BCUT2D eigenvalue weighted by molar-refractivity contribution is 8.15. The number of carbonyl (C=O) groups is 2. The minimum atomic E-state index is -0.564. The molecule has 144 valence electrons. The lowest BCUT2D eigenvalue weighted by atomic mass is 10.1. The summed E-state index contributed by atoms with van der Waals surface area (Å²) in [5.41, 5.74) is 3.10. The van der Waals surface area contributed by atoms with Crippen LogP contribution in [0.25, 0.3) is 0 Å². The molecule has 0 aliphatic carbocycles. The molecule has 1 heterocycles. The summed E-state index contributed by atoms with van der Waals surface area (Å²) < 4.78 is 13.0. The SMILES string of the molecule is CC(=NN=C1NC(=O)[C@H](CC(=O)Nc2ccc(C)cc2)S1)c1ccc(F)cc1. The van der Waals surface area contributed by atoms with Crippen LogP contribution in [0.15, 0.2) is 58.7 Å². The Kier molecular flexibility index (Phi) is 6.20. The first-order valence-corrected chi connectivity index (χ1v) is 9.51. The summed E-state index contributed by atoms with van der Waals surface area (Å²) in [6, 6.07) is 13.3. The third-order valence-electron chi connectivity index (χ3n) is 4.04. The smallest absolute Gasteiger partial charge is 0.240 e. The van der Waals surface area contributed by atoms with Crippen molar-refractivity contribution in [3.05, 3.63) is 65.5 Å². The third-order valence-corrected chi connectivity index (χ3v) is 5.11. The van der Waals surface area contributed by atoms with Crippen LogP contribution in [0.4, 0.5) is 10.1 Å². The Balaban J connectivity index is 1.58. The number of hydrogen-bond donors (Lipinski definition) is 2. The van der Waals surface area contributed by atoms with E-state index in [0.29, 0.717) is 16.6 Å². The van der Waals surface area contributed by atoms with Gasteiger partial charge in [-0.05, 0) is 43.7 Å². The van der Waals surface area contributed by atoms with Gasteiger partial charge in [-0.1, -0.05) is 41.6 Å². The Hall–Kier alpha value is -3.00. The van der Waals surface area contributed by atoms with E-state index < -0.39 is 5.25 Å². The Labute approximate surface area is 166 Å². The van der Waals surface area contributed by atoms with Gasteiger partial charge in [0.2, 0.25) is 11.8 Å².